The fourth-order valence-electron chi connectivity index (χ4n) is 4.20. The molecule has 41 heavy (non-hydrogen) atoms. The van der Waals surface area contributed by atoms with Gasteiger partial charge in [0.25, 0.3) is 0 Å². The van der Waals surface area contributed by atoms with E-state index in [1.807, 2.05) is 37.4 Å². The minimum absolute atomic E-state index is 0.250. The molecule has 0 unspecified atom stereocenters. The van der Waals surface area contributed by atoms with Crippen molar-refractivity contribution in [2.24, 2.45) is 0 Å². The summed E-state index contributed by atoms with van der Waals surface area (Å²) < 4.78 is 7.59. The fraction of sp³-hybridized carbons (Fsp3) is 0.235. The fourth-order valence-corrected chi connectivity index (χ4v) is 4.70. The van der Waals surface area contributed by atoms with Crippen LogP contribution in [0.3, 0.4) is 0 Å². The van der Waals surface area contributed by atoms with Gasteiger partial charge in [-0.05, 0) is 81.2 Å². The Balaban J connectivity index is 1.92. The first-order valence-corrected chi connectivity index (χ1v) is 14.3. The number of aromatic carboxylic acids is 1. The van der Waals surface area contributed by atoms with Gasteiger partial charge in [-0.25, -0.2) is 9.78 Å². The summed E-state index contributed by atoms with van der Waals surface area (Å²) in [6.45, 7) is 11.1. The van der Waals surface area contributed by atoms with Crippen molar-refractivity contribution in [1.29, 1.82) is 0 Å². The average molecular weight is 592 g/mol. The molecule has 0 amide bonds. The molecule has 1 aromatic heterocycles. The molecule has 1 N–H and O–H groups in total. The molecule has 214 valence electrons. The molecule has 7 heteroatoms. The number of imidazole rings is 1. The topological polar surface area (TPSA) is 64.4 Å². The third kappa shape index (κ3) is 9.38. The Kier molecular flexibility index (Phi) is 12.3. The van der Waals surface area contributed by atoms with E-state index in [2.05, 4.69) is 49.3 Å². The molecule has 0 aliphatic carbocycles. The number of carboxylic acid groups (broad SMARTS) is 1. The minimum Gasteiger partial charge on any atom is -0.494 e. The zero-order valence-corrected chi connectivity index (χ0v) is 25.3. The molecule has 0 spiro atoms. The van der Waals surface area contributed by atoms with E-state index in [4.69, 9.17) is 32.9 Å². The number of hydrogen-bond acceptors (Lipinski definition) is 3. The number of hydrogen-bond donors (Lipinski definition) is 1. The smallest absolute Gasteiger partial charge is 0.335 e. The predicted molar refractivity (Wildman–Crippen MR) is 170 cm³/mol. The second-order valence-corrected chi connectivity index (χ2v) is 10.3. The lowest BCUT2D eigenvalue weighted by Crippen LogP contribution is -2.04. The molecule has 0 fully saturated rings. The van der Waals surface area contributed by atoms with E-state index < -0.39 is 5.97 Å². The molecule has 0 bridgehead atoms. The summed E-state index contributed by atoms with van der Waals surface area (Å²) in [6, 6.07) is 12.3. The highest BCUT2D eigenvalue weighted by atomic mass is 35.5. The maximum absolute atomic E-state index is 11.3. The number of benzene rings is 2. The van der Waals surface area contributed by atoms with Crippen LogP contribution in [0.15, 0.2) is 103 Å². The van der Waals surface area contributed by atoms with Crippen LogP contribution < -0.4 is 0 Å². The van der Waals surface area contributed by atoms with Gasteiger partial charge in [0.1, 0.15) is 11.6 Å². The van der Waals surface area contributed by atoms with Gasteiger partial charge in [0, 0.05) is 28.9 Å². The largest absolute Gasteiger partial charge is 0.494 e. The molecule has 0 aliphatic rings. The molecule has 5 nitrogen and oxygen atoms in total. The van der Waals surface area contributed by atoms with E-state index >= 15 is 0 Å². The van der Waals surface area contributed by atoms with Gasteiger partial charge in [-0.1, -0.05) is 78.7 Å². The molecule has 0 saturated carbocycles. The Hall–Kier alpha value is -3.80. The standard InChI is InChI=1S/C34H36Cl2N2O3/c1-5-10-26(13-8-11-24(4)12-9-14-29(6-2)41-7-3)33-37-32(30-20-19-28(35)21-31(30)36)23-38(33)22-25-15-17-27(18-16-25)34(39)40/h6,8,10,12-21,23H,2,5,7,9,11,22H2,1,3-4H3,(H,39,40)/b13-8-,24-12+,26-10+,29-14?. The van der Waals surface area contributed by atoms with E-state index in [9.17, 15) is 9.90 Å². The summed E-state index contributed by atoms with van der Waals surface area (Å²) >= 11 is 12.7. The highest BCUT2D eigenvalue weighted by Gasteiger charge is 2.15. The Morgan fingerprint density at radius 3 is 2.49 bits per heavy atom. The van der Waals surface area contributed by atoms with E-state index in [1.165, 1.54) is 5.57 Å². The van der Waals surface area contributed by atoms with Crippen molar-refractivity contribution in [3.8, 4) is 11.3 Å². The molecule has 0 saturated heterocycles. The van der Waals surface area contributed by atoms with Crippen molar-refractivity contribution in [3.05, 3.63) is 130 Å². The molecule has 0 atom stereocenters. The maximum atomic E-state index is 11.3. The Morgan fingerprint density at radius 1 is 1.10 bits per heavy atom. The van der Waals surface area contributed by atoms with E-state index in [-0.39, 0.29) is 5.56 Å². The summed E-state index contributed by atoms with van der Waals surface area (Å²) in [6.07, 6.45) is 16.7. The van der Waals surface area contributed by atoms with Crippen molar-refractivity contribution in [1.82, 2.24) is 9.55 Å². The second kappa shape index (κ2) is 15.8. The Morgan fingerprint density at radius 2 is 1.85 bits per heavy atom. The van der Waals surface area contributed by atoms with Crippen molar-refractivity contribution in [2.45, 2.75) is 46.6 Å². The van der Waals surface area contributed by atoms with E-state index in [0.717, 1.165) is 53.2 Å². The monoisotopic (exact) mass is 590 g/mol. The lowest BCUT2D eigenvalue weighted by atomic mass is 10.1. The normalized spacial score (nSPS) is 12.7. The number of carboxylic acids is 1. The lowest BCUT2D eigenvalue weighted by Gasteiger charge is -2.09. The van der Waals surface area contributed by atoms with Crippen LogP contribution in [0.1, 0.15) is 61.8 Å². The van der Waals surface area contributed by atoms with Gasteiger partial charge in [0.05, 0.1) is 22.9 Å². The van der Waals surface area contributed by atoms with Gasteiger partial charge in [-0.2, -0.15) is 0 Å². The van der Waals surface area contributed by atoms with Crippen LogP contribution in [0.2, 0.25) is 10.0 Å². The Labute approximate surface area is 252 Å². The zero-order chi connectivity index (χ0) is 29.8. The third-order valence-electron chi connectivity index (χ3n) is 6.25. The lowest BCUT2D eigenvalue weighted by molar-refractivity contribution is 0.0697. The zero-order valence-electron chi connectivity index (χ0n) is 23.7. The van der Waals surface area contributed by atoms with Crippen LogP contribution in [0.4, 0.5) is 0 Å². The van der Waals surface area contributed by atoms with Gasteiger partial charge in [0.2, 0.25) is 0 Å². The highest BCUT2D eigenvalue weighted by molar-refractivity contribution is 6.36. The first-order valence-electron chi connectivity index (χ1n) is 13.6. The number of ether oxygens (including phenoxy) is 1. The summed E-state index contributed by atoms with van der Waals surface area (Å²) in [4.78, 5) is 16.3. The highest BCUT2D eigenvalue weighted by Crippen LogP contribution is 2.32. The van der Waals surface area contributed by atoms with Crippen LogP contribution in [-0.2, 0) is 11.3 Å². The van der Waals surface area contributed by atoms with Crippen molar-refractivity contribution in [3.63, 3.8) is 0 Å². The van der Waals surface area contributed by atoms with Crippen molar-refractivity contribution >= 4 is 34.7 Å². The van der Waals surface area contributed by atoms with Gasteiger partial charge in [-0.15, -0.1) is 0 Å². The van der Waals surface area contributed by atoms with Crippen LogP contribution in [0.25, 0.3) is 16.8 Å². The van der Waals surface area contributed by atoms with Crippen molar-refractivity contribution < 1.29 is 14.6 Å². The van der Waals surface area contributed by atoms with E-state index in [1.54, 1.807) is 30.3 Å². The molecule has 1 heterocycles. The molecule has 3 rings (SSSR count). The second-order valence-electron chi connectivity index (χ2n) is 9.41. The molecule has 3 aromatic rings. The molecule has 0 aliphatic heterocycles. The third-order valence-corrected chi connectivity index (χ3v) is 6.80. The summed E-state index contributed by atoms with van der Waals surface area (Å²) in [5, 5.41) is 10.4. The maximum Gasteiger partial charge on any atom is 0.335 e. The van der Waals surface area contributed by atoms with Crippen LogP contribution in [-0.4, -0.2) is 27.2 Å². The molecule has 2 aromatic carbocycles. The average Bonchev–Trinajstić information content (AvgIpc) is 3.35. The van der Waals surface area contributed by atoms with Gasteiger partial charge in [0.15, 0.2) is 0 Å². The summed E-state index contributed by atoms with van der Waals surface area (Å²) in [7, 11) is 0. The number of allylic oxidation sites excluding steroid dienone is 8. The van der Waals surface area contributed by atoms with Crippen molar-refractivity contribution in [2.75, 3.05) is 6.61 Å². The quantitative estimate of drug-likeness (QED) is 0.115. The molecular formula is C34H36Cl2N2O3. The first kappa shape index (κ1) is 31.7. The number of carbonyl (C=O) groups is 1. The van der Waals surface area contributed by atoms with E-state index in [0.29, 0.717) is 23.2 Å². The van der Waals surface area contributed by atoms with Crippen LogP contribution >= 0.6 is 23.2 Å². The SMILES string of the molecule is C=CC(=CC/C=C(\C)C/C=C\C(=C/CC)c1nc(-c2ccc(Cl)cc2Cl)cn1Cc1ccc(C(=O)O)cc1)OCC. The predicted octanol–water partition coefficient (Wildman–Crippen LogP) is 9.79. The van der Waals surface area contributed by atoms with Gasteiger partial charge >= 0.3 is 5.97 Å². The van der Waals surface area contributed by atoms with Crippen LogP contribution in [0, 0.1) is 0 Å². The van der Waals surface area contributed by atoms with Gasteiger partial charge < -0.3 is 14.4 Å². The first-order chi connectivity index (χ1) is 19.7. The summed E-state index contributed by atoms with van der Waals surface area (Å²) in [5.41, 5.74) is 4.96. The number of nitrogens with zero attached hydrogens (tertiary/aromatic N) is 2. The minimum atomic E-state index is -0.950. The number of rotatable bonds is 14. The molecular weight excluding hydrogens is 555 g/mol. The molecule has 0 radical (unpaired) electrons. The number of aromatic nitrogens is 2. The summed E-state index contributed by atoms with van der Waals surface area (Å²) in [5.74, 6) is 0.637. The van der Waals surface area contributed by atoms with Gasteiger partial charge in [-0.3, -0.25) is 0 Å². The van der Waals surface area contributed by atoms with Crippen LogP contribution in [0.5, 0.6) is 0 Å². The Bertz CT molecular complexity index is 1480. The number of halogens is 2.